The van der Waals surface area contributed by atoms with Crippen molar-refractivity contribution in [2.75, 3.05) is 0 Å². The Balaban J connectivity index is 2.61. The number of hydrogen-bond donors (Lipinski definition) is 1. The molecule has 0 spiro atoms. The summed E-state index contributed by atoms with van der Waals surface area (Å²) in [4.78, 5) is 0. The van der Waals surface area contributed by atoms with E-state index in [0.717, 1.165) is 12.1 Å². The number of rotatable bonds is 2. The second kappa shape index (κ2) is 3.83. The van der Waals surface area contributed by atoms with Crippen molar-refractivity contribution in [3.63, 3.8) is 0 Å². The van der Waals surface area contributed by atoms with Gasteiger partial charge in [0.1, 0.15) is 0 Å². The van der Waals surface area contributed by atoms with Gasteiger partial charge in [-0.1, -0.05) is 20.8 Å². The van der Waals surface area contributed by atoms with Crippen LogP contribution in [0.25, 0.3) is 0 Å². The van der Waals surface area contributed by atoms with Crippen molar-refractivity contribution >= 4 is 0 Å². The summed E-state index contributed by atoms with van der Waals surface area (Å²) in [6.07, 6.45) is 2.46. The normalized spacial score (nSPS) is 14.2. The van der Waals surface area contributed by atoms with Gasteiger partial charge in [-0.15, -0.1) is 0 Å². The molecule has 0 saturated carbocycles. The molecule has 0 aromatic carbocycles. The number of hydrogen-bond acceptors (Lipinski definition) is 3. The maximum Gasteiger partial charge on any atom is 0.0646 e. The van der Waals surface area contributed by atoms with Crippen LogP contribution in [0.15, 0.2) is 18.3 Å². The van der Waals surface area contributed by atoms with Gasteiger partial charge in [0, 0.05) is 18.7 Å². The van der Waals surface area contributed by atoms with Gasteiger partial charge in [0.15, 0.2) is 0 Å². The van der Waals surface area contributed by atoms with E-state index in [4.69, 9.17) is 5.73 Å². The Morgan fingerprint density at radius 3 is 2.62 bits per heavy atom. The van der Waals surface area contributed by atoms with Crippen LogP contribution in [-0.2, 0) is 6.42 Å². The van der Waals surface area contributed by atoms with Crippen LogP contribution in [-0.4, -0.2) is 16.2 Å². The number of nitrogens with zero attached hydrogens (tertiary/aromatic N) is 2. The third kappa shape index (κ3) is 3.11. The van der Waals surface area contributed by atoms with Gasteiger partial charge in [0.2, 0.25) is 0 Å². The second-order valence-corrected chi connectivity index (χ2v) is 4.39. The second-order valence-electron chi connectivity index (χ2n) is 4.39. The molecule has 1 atom stereocenters. The summed E-state index contributed by atoms with van der Waals surface area (Å²) >= 11 is 0. The average molecular weight is 179 g/mol. The van der Waals surface area contributed by atoms with Crippen LogP contribution in [0.3, 0.4) is 0 Å². The minimum atomic E-state index is 0.123. The van der Waals surface area contributed by atoms with Gasteiger partial charge in [-0.3, -0.25) is 0 Å². The monoisotopic (exact) mass is 179 g/mol. The lowest BCUT2D eigenvalue weighted by molar-refractivity contribution is 0.316. The van der Waals surface area contributed by atoms with Gasteiger partial charge in [0.05, 0.1) is 5.69 Å². The van der Waals surface area contributed by atoms with Gasteiger partial charge in [0.25, 0.3) is 0 Å². The molecule has 72 valence electrons. The van der Waals surface area contributed by atoms with Crippen molar-refractivity contribution in [2.24, 2.45) is 11.1 Å². The lowest BCUT2D eigenvalue weighted by Crippen LogP contribution is -2.37. The molecule has 0 fully saturated rings. The molecule has 0 bridgehead atoms. The molecular formula is C10H17N3. The Bertz CT molecular complexity index is 251. The highest BCUT2D eigenvalue weighted by molar-refractivity contribution is 5.02. The number of nitrogens with two attached hydrogens (primary N) is 1. The van der Waals surface area contributed by atoms with Gasteiger partial charge >= 0.3 is 0 Å². The third-order valence-electron chi connectivity index (χ3n) is 2.17. The van der Waals surface area contributed by atoms with Gasteiger partial charge in [-0.05, 0) is 17.5 Å². The molecular weight excluding hydrogens is 162 g/mol. The molecule has 0 saturated heterocycles. The molecule has 1 rings (SSSR count). The first-order valence-corrected chi connectivity index (χ1v) is 4.52. The van der Waals surface area contributed by atoms with Crippen LogP contribution in [0.5, 0.6) is 0 Å². The van der Waals surface area contributed by atoms with E-state index < -0.39 is 0 Å². The molecule has 0 aliphatic heterocycles. The molecule has 3 heteroatoms. The Morgan fingerprint density at radius 2 is 2.15 bits per heavy atom. The van der Waals surface area contributed by atoms with E-state index in [0.29, 0.717) is 0 Å². The molecule has 0 aliphatic rings. The third-order valence-corrected chi connectivity index (χ3v) is 2.17. The van der Waals surface area contributed by atoms with Crippen molar-refractivity contribution in [3.05, 3.63) is 24.0 Å². The fourth-order valence-corrected chi connectivity index (χ4v) is 0.974. The predicted octanol–water partition coefficient (Wildman–Crippen LogP) is 1.39. The predicted molar refractivity (Wildman–Crippen MR) is 53.2 cm³/mol. The Hall–Kier alpha value is -0.960. The standard InChI is InChI=1S/C10H17N3/c1-10(2,3)9(11)7-8-5-4-6-12-13-8/h4-6,9H,7,11H2,1-3H3. The van der Waals surface area contributed by atoms with Crippen molar-refractivity contribution < 1.29 is 0 Å². The summed E-state index contributed by atoms with van der Waals surface area (Å²) in [5.41, 5.74) is 7.10. The summed E-state index contributed by atoms with van der Waals surface area (Å²) in [5.74, 6) is 0. The number of aromatic nitrogens is 2. The Kier molecular flexibility index (Phi) is 2.98. The van der Waals surface area contributed by atoms with E-state index in [2.05, 4.69) is 31.0 Å². The van der Waals surface area contributed by atoms with Gasteiger partial charge in [-0.2, -0.15) is 10.2 Å². The van der Waals surface area contributed by atoms with E-state index in [1.165, 1.54) is 0 Å². The summed E-state index contributed by atoms with van der Waals surface area (Å²) < 4.78 is 0. The zero-order valence-corrected chi connectivity index (χ0v) is 8.49. The quantitative estimate of drug-likeness (QED) is 0.746. The zero-order valence-electron chi connectivity index (χ0n) is 8.49. The fraction of sp³-hybridized carbons (Fsp3) is 0.600. The van der Waals surface area contributed by atoms with Crippen LogP contribution in [0.1, 0.15) is 26.5 Å². The highest BCUT2D eigenvalue weighted by Crippen LogP contribution is 2.19. The summed E-state index contributed by atoms with van der Waals surface area (Å²) in [7, 11) is 0. The zero-order chi connectivity index (χ0) is 9.90. The van der Waals surface area contributed by atoms with Crippen LogP contribution in [0.2, 0.25) is 0 Å². The Labute approximate surface area is 79.4 Å². The van der Waals surface area contributed by atoms with E-state index in [1.54, 1.807) is 6.20 Å². The van der Waals surface area contributed by atoms with Crippen LogP contribution in [0.4, 0.5) is 0 Å². The van der Waals surface area contributed by atoms with Crippen LogP contribution >= 0.6 is 0 Å². The SMILES string of the molecule is CC(C)(C)C(N)Cc1cccnn1. The van der Waals surface area contributed by atoms with Gasteiger partial charge < -0.3 is 5.73 Å². The molecule has 2 N–H and O–H groups in total. The van der Waals surface area contributed by atoms with E-state index in [1.807, 2.05) is 12.1 Å². The molecule has 1 aromatic rings. The van der Waals surface area contributed by atoms with Crippen molar-refractivity contribution in [3.8, 4) is 0 Å². The van der Waals surface area contributed by atoms with E-state index in [-0.39, 0.29) is 11.5 Å². The van der Waals surface area contributed by atoms with E-state index in [9.17, 15) is 0 Å². The smallest absolute Gasteiger partial charge is 0.0646 e. The summed E-state index contributed by atoms with van der Waals surface area (Å²) in [6.45, 7) is 6.40. The highest BCUT2D eigenvalue weighted by Gasteiger charge is 2.20. The topological polar surface area (TPSA) is 51.8 Å². The van der Waals surface area contributed by atoms with Gasteiger partial charge in [-0.25, -0.2) is 0 Å². The summed E-state index contributed by atoms with van der Waals surface area (Å²) in [5, 5.41) is 7.82. The lowest BCUT2D eigenvalue weighted by atomic mass is 9.85. The molecule has 1 heterocycles. The lowest BCUT2D eigenvalue weighted by Gasteiger charge is -2.26. The Morgan fingerprint density at radius 1 is 1.46 bits per heavy atom. The van der Waals surface area contributed by atoms with Crippen LogP contribution in [0, 0.1) is 5.41 Å². The maximum absolute atomic E-state index is 6.01. The molecule has 3 nitrogen and oxygen atoms in total. The first-order valence-electron chi connectivity index (χ1n) is 4.52. The largest absolute Gasteiger partial charge is 0.327 e. The average Bonchev–Trinajstić information content (AvgIpc) is 2.04. The first-order chi connectivity index (χ1) is 6.00. The highest BCUT2D eigenvalue weighted by atomic mass is 15.1. The molecule has 0 amide bonds. The van der Waals surface area contributed by atoms with E-state index >= 15 is 0 Å². The fourth-order valence-electron chi connectivity index (χ4n) is 0.974. The van der Waals surface area contributed by atoms with Crippen molar-refractivity contribution in [1.82, 2.24) is 10.2 Å². The molecule has 1 unspecified atom stereocenters. The minimum Gasteiger partial charge on any atom is -0.327 e. The van der Waals surface area contributed by atoms with Crippen molar-refractivity contribution in [1.29, 1.82) is 0 Å². The molecule has 13 heavy (non-hydrogen) atoms. The van der Waals surface area contributed by atoms with Crippen LogP contribution < -0.4 is 5.73 Å². The molecule has 0 radical (unpaired) electrons. The van der Waals surface area contributed by atoms with Crippen molar-refractivity contribution in [2.45, 2.75) is 33.2 Å². The minimum absolute atomic E-state index is 0.123. The first kappa shape index (κ1) is 10.1. The molecule has 0 aliphatic carbocycles. The maximum atomic E-state index is 6.01. The summed E-state index contributed by atoms with van der Waals surface area (Å²) in [6, 6.07) is 3.97. The molecule has 1 aromatic heterocycles.